The van der Waals surface area contributed by atoms with E-state index in [9.17, 15) is 13.2 Å². The molecule has 1 amide bonds. The number of hydrogen-bond acceptors (Lipinski definition) is 4. The number of amides is 1. The van der Waals surface area contributed by atoms with Gasteiger partial charge in [-0.2, -0.15) is 4.31 Å². The largest absolute Gasteiger partial charge is 0.365 e. The molecular formula is C22H23ClN2O4S. The number of hydrogen-bond donors (Lipinski definition) is 0. The maximum Gasteiger partial charge on any atom is 0.254 e. The van der Waals surface area contributed by atoms with Crippen molar-refractivity contribution in [2.75, 3.05) is 26.2 Å². The molecule has 158 valence electrons. The Balaban J connectivity index is 1.35. The fraction of sp³-hybridized carbons (Fsp3) is 0.409. The Morgan fingerprint density at radius 3 is 2.57 bits per heavy atom. The molecule has 3 aliphatic heterocycles. The molecule has 3 fully saturated rings. The van der Waals surface area contributed by atoms with Gasteiger partial charge in [-0.1, -0.05) is 41.9 Å². The van der Waals surface area contributed by atoms with Crippen molar-refractivity contribution in [2.24, 2.45) is 0 Å². The lowest BCUT2D eigenvalue weighted by molar-refractivity contribution is -0.0976. The van der Waals surface area contributed by atoms with E-state index in [0.29, 0.717) is 43.1 Å². The molecule has 0 radical (unpaired) electrons. The average molecular weight is 447 g/mol. The van der Waals surface area contributed by atoms with Crippen LogP contribution in [0.2, 0.25) is 5.02 Å². The lowest BCUT2D eigenvalue weighted by atomic mass is 9.99. The molecule has 3 saturated heterocycles. The van der Waals surface area contributed by atoms with E-state index in [4.69, 9.17) is 16.3 Å². The van der Waals surface area contributed by atoms with E-state index in [2.05, 4.69) is 0 Å². The lowest BCUT2D eigenvalue weighted by Gasteiger charge is -2.39. The highest BCUT2D eigenvalue weighted by Gasteiger charge is 2.65. The number of ether oxygens (including phenoxy) is 1. The van der Waals surface area contributed by atoms with E-state index < -0.39 is 20.9 Å². The Bertz CT molecular complexity index is 1060. The number of benzene rings is 2. The van der Waals surface area contributed by atoms with Gasteiger partial charge >= 0.3 is 0 Å². The standard InChI is InChI=1S/C22H23ClN2O4S/c23-18-8-6-17(7-9-18)21(26)24-13-19-12-20-22(14-24,29-19)15-25(30(20,27)28)11-10-16-4-2-1-3-5-16/h1-9,19-20H,10-15H2/t19-,20+,22+/m0/s1. The third-order valence-corrected chi connectivity index (χ3v) is 9.01. The third kappa shape index (κ3) is 3.34. The van der Waals surface area contributed by atoms with Crippen LogP contribution in [0.1, 0.15) is 22.3 Å². The quantitative estimate of drug-likeness (QED) is 0.724. The molecule has 0 unspecified atom stereocenters. The van der Waals surface area contributed by atoms with Crippen molar-refractivity contribution in [2.45, 2.75) is 29.8 Å². The summed E-state index contributed by atoms with van der Waals surface area (Å²) in [5, 5.41) is -0.0167. The summed E-state index contributed by atoms with van der Waals surface area (Å²) in [6.45, 7) is 1.42. The molecule has 0 saturated carbocycles. The van der Waals surface area contributed by atoms with Crippen LogP contribution in [0, 0.1) is 0 Å². The van der Waals surface area contributed by atoms with Crippen LogP contribution in [0.4, 0.5) is 0 Å². The lowest BCUT2D eigenvalue weighted by Crippen LogP contribution is -2.56. The summed E-state index contributed by atoms with van der Waals surface area (Å²) in [7, 11) is -3.46. The average Bonchev–Trinajstić information content (AvgIpc) is 3.12. The molecule has 3 atom stereocenters. The number of likely N-dealkylation sites (tertiary alicyclic amines) is 1. The number of sulfonamides is 1. The number of halogens is 1. The summed E-state index contributed by atoms with van der Waals surface area (Å²) < 4.78 is 34.3. The summed E-state index contributed by atoms with van der Waals surface area (Å²) in [6, 6.07) is 16.6. The molecule has 3 aliphatic rings. The second-order valence-electron chi connectivity index (χ2n) is 8.34. The zero-order valence-electron chi connectivity index (χ0n) is 16.4. The van der Waals surface area contributed by atoms with Crippen molar-refractivity contribution in [3.8, 4) is 0 Å². The minimum atomic E-state index is -3.46. The van der Waals surface area contributed by atoms with E-state index >= 15 is 0 Å². The van der Waals surface area contributed by atoms with E-state index in [1.807, 2.05) is 30.3 Å². The Kier molecular flexibility index (Phi) is 4.89. The zero-order valence-corrected chi connectivity index (χ0v) is 18.0. The highest BCUT2D eigenvalue weighted by molar-refractivity contribution is 7.90. The minimum Gasteiger partial charge on any atom is -0.365 e. The van der Waals surface area contributed by atoms with Crippen LogP contribution in [-0.2, 0) is 21.2 Å². The molecule has 2 aromatic carbocycles. The SMILES string of the molecule is O=C(c1ccc(Cl)cc1)N1C[C@@H]2C[C@@H]3[C@@](C1)(CN(CCc1ccccc1)S3(=O)=O)O2. The third-order valence-electron chi connectivity index (χ3n) is 6.38. The van der Waals surface area contributed by atoms with Crippen molar-refractivity contribution in [1.82, 2.24) is 9.21 Å². The molecule has 2 bridgehead atoms. The molecule has 0 aromatic heterocycles. The summed E-state index contributed by atoms with van der Waals surface area (Å²) >= 11 is 5.93. The van der Waals surface area contributed by atoms with Crippen LogP contribution in [0.3, 0.4) is 0 Å². The summed E-state index contributed by atoms with van der Waals surface area (Å²) in [5.41, 5.74) is 0.806. The number of rotatable bonds is 4. The number of nitrogens with zero attached hydrogens (tertiary/aromatic N) is 2. The normalized spacial score (nSPS) is 29.7. The van der Waals surface area contributed by atoms with Crippen LogP contribution in [0.5, 0.6) is 0 Å². The second kappa shape index (κ2) is 7.34. The van der Waals surface area contributed by atoms with Gasteiger partial charge in [-0.15, -0.1) is 0 Å². The molecule has 3 heterocycles. The van der Waals surface area contributed by atoms with Gasteiger partial charge in [-0.05, 0) is 42.7 Å². The van der Waals surface area contributed by atoms with Gasteiger partial charge in [0.05, 0.1) is 12.6 Å². The maximum atomic E-state index is 13.2. The van der Waals surface area contributed by atoms with Crippen molar-refractivity contribution in [3.05, 3.63) is 70.7 Å². The van der Waals surface area contributed by atoms with Gasteiger partial charge in [0.1, 0.15) is 10.9 Å². The van der Waals surface area contributed by atoms with Crippen molar-refractivity contribution in [3.63, 3.8) is 0 Å². The predicted octanol–water partition coefficient (Wildman–Crippen LogP) is 2.58. The molecule has 0 aliphatic carbocycles. The van der Waals surface area contributed by atoms with E-state index in [1.165, 1.54) is 0 Å². The van der Waals surface area contributed by atoms with Gasteiger partial charge in [-0.25, -0.2) is 8.42 Å². The Labute approximate surface area is 181 Å². The second-order valence-corrected chi connectivity index (χ2v) is 10.9. The first-order chi connectivity index (χ1) is 14.4. The molecular weight excluding hydrogens is 424 g/mol. The summed E-state index contributed by atoms with van der Waals surface area (Å²) in [5.74, 6) is -0.111. The molecule has 2 aromatic rings. The predicted molar refractivity (Wildman–Crippen MR) is 114 cm³/mol. The van der Waals surface area contributed by atoms with Crippen LogP contribution in [0.25, 0.3) is 0 Å². The van der Waals surface area contributed by atoms with E-state index in [0.717, 1.165) is 5.56 Å². The Morgan fingerprint density at radius 1 is 1.10 bits per heavy atom. The molecule has 6 nitrogen and oxygen atoms in total. The fourth-order valence-corrected chi connectivity index (χ4v) is 7.41. The first-order valence-electron chi connectivity index (χ1n) is 10.1. The van der Waals surface area contributed by atoms with Crippen molar-refractivity contribution < 1.29 is 17.9 Å². The Hall–Kier alpha value is -1.93. The van der Waals surface area contributed by atoms with Crippen LogP contribution in [-0.4, -0.2) is 66.7 Å². The molecule has 30 heavy (non-hydrogen) atoms. The number of carbonyl (C=O) groups is 1. The van der Waals surface area contributed by atoms with Gasteiger partial charge in [0, 0.05) is 30.2 Å². The zero-order chi connectivity index (χ0) is 20.9. The van der Waals surface area contributed by atoms with Crippen LogP contribution < -0.4 is 0 Å². The first kappa shape index (κ1) is 20.0. The van der Waals surface area contributed by atoms with Gasteiger partial charge in [0.2, 0.25) is 10.0 Å². The topological polar surface area (TPSA) is 66.9 Å². The molecule has 0 N–H and O–H groups in total. The van der Waals surface area contributed by atoms with Gasteiger partial charge < -0.3 is 9.64 Å². The number of fused-ring (bicyclic) bond motifs is 1. The molecule has 8 heteroatoms. The molecule has 1 spiro atoms. The van der Waals surface area contributed by atoms with Gasteiger partial charge in [-0.3, -0.25) is 4.79 Å². The van der Waals surface area contributed by atoms with Gasteiger partial charge in [0.25, 0.3) is 5.91 Å². The van der Waals surface area contributed by atoms with Crippen LogP contribution in [0.15, 0.2) is 54.6 Å². The van der Waals surface area contributed by atoms with Gasteiger partial charge in [0.15, 0.2) is 0 Å². The Morgan fingerprint density at radius 2 is 1.83 bits per heavy atom. The molecule has 5 rings (SSSR count). The highest BCUT2D eigenvalue weighted by Crippen LogP contribution is 2.46. The highest BCUT2D eigenvalue weighted by atomic mass is 35.5. The van der Waals surface area contributed by atoms with Crippen LogP contribution >= 0.6 is 11.6 Å². The number of morpholine rings is 1. The van der Waals surface area contributed by atoms with E-state index in [1.54, 1.807) is 33.5 Å². The fourth-order valence-electron chi connectivity index (χ4n) is 4.98. The first-order valence-corrected chi connectivity index (χ1v) is 12.0. The smallest absolute Gasteiger partial charge is 0.254 e. The van der Waals surface area contributed by atoms with E-state index in [-0.39, 0.29) is 18.6 Å². The van der Waals surface area contributed by atoms with Crippen molar-refractivity contribution >= 4 is 27.5 Å². The number of carbonyl (C=O) groups excluding carboxylic acids is 1. The summed E-state index contributed by atoms with van der Waals surface area (Å²) in [6.07, 6.45) is 0.847. The maximum absolute atomic E-state index is 13.2. The monoisotopic (exact) mass is 446 g/mol. The summed E-state index contributed by atoms with van der Waals surface area (Å²) in [4.78, 5) is 14.8. The minimum absolute atomic E-state index is 0.111. The van der Waals surface area contributed by atoms with Crippen molar-refractivity contribution in [1.29, 1.82) is 0 Å².